The number of hydrogen-bond donors (Lipinski definition) is 0. The zero-order valence-electron chi connectivity index (χ0n) is 12.3. The highest BCUT2D eigenvalue weighted by Gasteiger charge is 2.15. The van der Waals surface area contributed by atoms with Gasteiger partial charge >= 0.3 is 0 Å². The Morgan fingerprint density at radius 3 is 2.24 bits per heavy atom. The highest BCUT2D eigenvalue weighted by Crippen LogP contribution is 2.28. The van der Waals surface area contributed by atoms with Crippen LogP contribution in [-0.4, -0.2) is 9.55 Å². The third-order valence-corrected chi connectivity index (χ3v) is 3.21. The Balaban J connectivity index is 2.48. The van der Waals surface area contributed by atoms with Gasteiger partial charge in [0.05, 0.1) is 23.3 Å². The molecule has 21 heavy (non-hydrogen) atoms. The smallest absolute Gasteiger partial charge is 0.223 e. The molecule has 1 aromatic carbocycles. The minimum Gasteiger partial charge on any atom is -0.439 e. The molecule has 1 heterocycles. The lowest BCUT2D eigenvalue weighted by Gasteiger charge is -2.11. The van der Waals surface area contributed by atoms with Crippen molar-refractivity contribution in [2.24, 2.45) is 0 Å². The molecular weight excluding hydrogens is 264 g/mol. The number of nitrogens with zero attached hydrogens (tertiary/aromatic N) is 4. The van der Waals surface area contributed by atoms with Gasteiger partial charge in [0.2, 0.25) is 5.88 Å². The Morgan fingerprint density at radius 2 is 1.76 bits per heavy atom. The average Bonchev–Trinajstić information content (AvgIpc) is 2.81. The first-order valence-corrected chi connectivity index (χ1v) is 6.82. The first-order valence-electron chi connectivity index (χ1n) is 6.82. The third kappa shape index (κ3) is 2.88. The fraction of sp³-hybridized carbons (Fsp3) is 0.312. The van der Waals surface area contributed by atoms with Crippen molar-refractivity contribution in [1.82, 2.24) is 9.55 Å². The molecule has 0 aliphatic carbocycles. The molecule has 0 aliphatic heterocycles. The van der Waals surface area contributed by atoms with Crippen LogP contribution in [-0.2, 0) is 13.0 Å². The van der Waals surface area contributed by atoms with Gasteiger partial charge in [-0.25, -0.2) is 4.98 Å². The Morgan fingerprint density at radius 1 is 1.14 bits per heavy atom. The van der Waals surface area contributed by atoms with Crippen molar-refractivity contribution in [2.75, 3.05) is 0 Å². The number of benzene rings is 1. The molecule has 0 N–H and O–H groups in total. The molecule has 2 aromatic rings. The molecule has 0 amide bonds. The van der Waals surface area contributed by atoms with E-state index >= 15 is 0 Å². The number of aryl methyl sites for hydroxylation is 2. The Kier molecular flexibility index (Phi) is 4.25. The van der Waals surface area contributed by atoms with Gasteiger partial charge in [-0.15, -0.1) is 0 Å². The predicted octanol–water partition coefficient (Wildman–Crippen LogP) is 3.31. The SMILES string of the molecule is CCc1nc(C)n(CC)c1Oc1cc(C#N)cc(C#N)c1. The monoisotopic (exact) mass is 280 g/mol. The average molecular weight is 280 g/mol. The van der Waals surface area contributed by atoms with E-state index < -0.39 is 0 Å². The van der Waals surface area contributed by atoms with Gasteiger partial charge in [-0.3, -0.25) is 4.57 Å². The Labute approximate surface area is 124 Å². The molecule has 0 fully saturated rings. The van der Waals surface area contributed by atoms with E-state index in [-0.39, 0.29) is 0 Å². The Hall–Kier alpha value is -2.79. The number of ether oxygens (including phenoxy) is 1. The summed E-state index contributed by atoms with van der Waals surface area (Å²) in [6.07, 6.45) is 0.756. The van der Waals surface area contributed by atoms with Gasteiger partial charge in [-0.05, 0) is 38.5 Å². The first kappa shape index (κ1) is 14.6. The van der Waals surface area contributed by atoms with Crippen molar-refractivity contribution < 1.29 is 4.74 Å². The molecule has 0 radical (unpaired) electrons. The minimum atomic E-state index is 0.404. The third-order valence-electron chi connectivity index (χ3n) is 3.21. The standard InChI is InChI=1S/C16H16N4O/c1-4-15-16(20(5-2)11(3)19-15)21-14-7-12(9-17)6-13(8-14)10-18/h6-8H,4-5H2,1-3H3. The number of nitriles is 2. The van der Waals surface area contributed by atoms with E-state index in [2.05, 4.69) is 4.98 Å². The van der Waals surface area contributed by atoms with E-state index in [1.165, 1.54) is 6.07 Å². The van der Waals surface area contributed by atoms with E-state index in [4.69, 9.17) is 15.3 Å². The molecule has 0 atom stereocenters. The molecule has 5 nitrogen and oxygen atoms in total. The molecule has 0 spiro atoms. The molecule has 0 aliphatic rings. The topological polar surface area (TPSA) is 74.6 Å². The fourth-order valence-corrected chi connectivity index (χ4v) is 2.22. The van der Waals surface area contributed by atoms with E-state index in [0.717, 1.165) is 24.5 Å². The van der Waals surface area contributed by atoms with Gasteiger partial charge in [0.25, 0.3) is 0 Å². The van der Waals surface area contributed by atoms with Crippen LogP contribution in [0.4, 0.5) is 0 Å². The lowest BCUT2D eigenvalue weighted by atomic mass is 10.1. The fourth-order valence-electron chi connectivity index (χ4n) is 2.22. The van der Waals surface area contributed by atoms with Gasteiger partial charge in [-0.2, -0.15) is 10.5 Å². The molecule has 0 unspecified atom stereocenters. The van der Waals surface area contributed by atoms with E-state index in [9.17, 15) is 0 Å². The van der Waals surface area contributed by atoms with Gasteiger partial charge in [0.1, 0.15) is 17.3 Å². The molecule has 5 heteroatoms. The summed E-state index contributed by atoms with van der Waals surface area (Å²) in [5.41, 5.74) is 1.68. The normalized spacial score (nSPS) is 9.95. The number of rotatable bonds is 4. The second kappa shape index (κ2) is 6.11. The summed E-state index contributed by atoms with van der Waals surface area (Å²) in [5.74, 6) is 2.05. The van der Waals surface area contributed by atoms with Crippen LogP contribution in [0, 0.1) is 29.6 Å². The zero-order chi connectivity index (χ0) is 15.4. The van der Waals surface area contributed by atoms with Crippen LogP contribution in [0.3, 0.4) is 0 Å². The minimum absolute atomic E-state index is 0.404. The molecule has 0 saturated carbocycles. The van der Waals surface area contributed by atoms with Crippen LogP contribution in [0.1, 0.15) is 36.5 Å². The van der Waals surface area contributed by atoms with Crippen LogP contribution in [0.5, 0.6) is 11.6 Å². The number of imidazole rings is 1. The molecule has 0 saturated heterocycles. The van der Waals surface area contributed by atoms with Crippen molar-refractivity contribution >= 4 is 0 Å². The van der Waals surface area contributed by atoms with Gasteiger partial charge < -0.3 is 4.74 Å². The van der Waals surface area contributed by atoms with E-state index in [1.807, 2.05) is 37.5 Å². The van der Waals surface area contributed by atoms with Crippen LogP contribution >= 0.6 is 0 Å². The van der Waals surface area contributed by atoms with Crippen LogP contribution < -0.4 is 4.74 Å². The van der Waals surface area contributed by atoms with Gasteiger partial charge in [0, 0.05) is 6.54 Å². The van der Waals surface area contributed by atoms with E-state index in [1.54, 1.807) is 12.1 Å². The van der Waals surface area contributed by atoms with Crippen molar-refractivity contribution in [3.63, 3.8) is 0 Å². The molecule has 106 valence electrons. The summed E-state index contributed by atoms with van der Waals surface area (Å²) in [6, 6.07) is 8.87. The summed E-state index contributed by atoms with van der Waals surface area (Å²) in [4.78, 5) is 4.49. The highest BCUT2D eigenvalue weighted by molar-refractivity contribution is 5.46. The highest BCUT2D eigenvalue weighted by atomic mass is 16.5. The quantitative estimate of drug-likeness (QED) is 0.861. The second-order valence-corrected chi connectivity index (χ2v) is 4.58. The molecular formula is C16H16N4O. The summed E-state index contributed by atoms with van der Waals surface area (Å²) in [5, 5.41) is 18.0. The van der Waals surface area contributed by atoms with Crippen molar-refractivity contribution in [3.8, 4) is 23.8 Å². The first-order chi connectivity index (χ1) is 10.1. The van der Waals surface area contributed by atoms with Crippen LogP contribution in [0.15, 0.2) is 18.2 Å². The Bertz CT molecular complexity index is 715. The van der Waals surface area contributed by atoms with Crippen molar-refractivity contribution in [1.29, 1.82) is 10.5 Å². The maximum Gasteiger partial charge on any atom is 0.223 e. The number of aromatic nitrogens is 2. The molecule has 2 rings (SSSR count). The van der Waals surface area contributed by atoms with Gasteiger partial charge in [0.15, 0.2) is 0 Å². The lowest BCUT2D eigenvalue weighted by molar-refractivity contribution is 0.425. The maximum absolute atomic E-state index is 9.02. The summed E-state index contributed by atoms with van der Waals surface area (Å²) < 4.78 is 7.90. The van der Waals surface area contributed by atoms with E-state index in [0.29, 0.717) is 22.8 Å². The molecule has 0 bridgehead atoms. The van der Waals surface area contributed by atoms with Crippen molar-refractivity contribution in [3.05, 3.63) is 40.8 Å². The summed E-state index contributed by atoms with van der Waals surface area (Å²) >= 11 is 0. The van der Waals surface area contributed by atoms with Crippen LogP contribution in [0.25, 0.3) is 0 Å². The lowest BCUT2D eigenvalue weighted by Crippen LogP contribution is -2.01. The van der Waals surface area contributed by atoms with Crippen LogP contribution in [0.2, 0.25) is 0 Å². The second-order valence-electron chi connectivity index (χ2n) is 4.58. The number of hydrogen-bond acceptors (Lipinski definition) is 4. The summed E-state index contributed by atoms with van der Waals surface area (Å²) in [6.45, 7) is 6.72. The largest absolute Gasteiger partial charge is 0.439 e. The van der Waals surface area contributed by atoms with Crippen molar-refractivity contribution in [2.45, 2.75) is 33.7 Å². The zero-order valence-corrected chi connectivity index (χ0v) is 12.3. The van der Waals surface area contributed by atoms with Gasteiger partial charge in [-0.1, -0.05) is 6.92 Å². The maximum atomic E-state index is 9.02. The predicted molar refractivity (Wildman–Crippen MR) is 78.0 cm³/mol. The summed E-state index contributed by atoms with van der Waals surface area (Å²) in [7, 11) is 0. The molecule has 1 aromatic heterocycles.